The van der Waals surface area contributed by atoms with Crippen LogP contribution in [0.2, 0.25) is 0 Å². The number of carbonyl (C=O) groups excluding carboxylic acids is 1. The minimum absolute atomic E-state index is 0.0203. The summed E-state index contributed by atoms with van der Waals surface area (Å²) in [7, 11) is 0. The van der Waals surface area contributed by atoms with Gasteiger partial charge in [0.25, 0.3) is 0 Å². The van der Waals surface area contributed by atoms with E-state index in [2.05, 4.69) is 22.3 Å². The third-order valence-electron chi connectivity index (χ3n) is 7.54. The van der Waals surface area contributed by atoms with Crippen molar-refractivity contribution in [3.05, 3.63) is 58.4 Å². The second-order valence-electron chi connectivity index (χ2n) is 11.2. The van der Waals surface area contributed by atoms with Gasteiger partial charge in [0.15, 0.2) is 0 Å². The largest absolute Gasteiger partial charge is 0.478 e. The van der Waals surface area contributed by atoms with Crippen molar-refractivity contribution in [1.82, 2.24) is 9.30 Å². The summed E-state index contributed by atoms with van der Waals surface area (Å²) in [6.07, 6.45) is 2.17. The summed E-state index contributed by atoms with van der Waals surface area (Å²) in [6.45, 7) is 12.7. The number of rotatable bonds is 4. The van der Waals surface area contributed by atoms with E-state index in [1.165, 1.54) is 0 Å². The van der Waals surface area contributed by atoms with Crippen LogP contribution in [-0.4, -0.2) is 64.9 Å². The first-order chi connectivity index (χ1) is 18.5. The molecule has 0 spiro atoms. The Morgan fingerprint density at radius 3 is 2.46 bits per heavy atom. The first kappa shape index (κ1) is 26.7. The number of carbonyl (C=O) groups is 2. The van der Waals surface area contributed by atoms with Crippen LogP contribution in [0.1, 0.15) is 66.5 Å². The van der Waals surface area contributed by atoms with Gasteiger partial charge in [0.05, 0.1) is 30.0 Å². The molecule has 0 aliphatic carbocycles. The van der Waals surface area contributed by atoms with E-state index in [1.807, 2.05) is 46.0 Å². The Balaban J connectivity index is 1.60. The monoisotopic (exact) mass is 530 g/mol. The Labute approximate surface area is 228 Å². The van der Waals surface area contributed by atoms with Gasteiger partial charge >= 0.3 is 12.1 Å². The molecule has 2 aromatic heterocycles. The summed E-state index contributed by atoms with van der Waals surface area (Å²) in [4.78, 5) is 28.9. The molecular weight excluding hydrogens is 496 g/mol. The molecule has 2 aliphatic heterocycles. The molecule has 9 nitrogen and oxygen atoms in total. The first-order valence-corrected chi connectivity index (χ1v) is 13.3. The van der Waals surface area contributed by atoms with Crippen LogP contribution in [0.15, 0.2) is 30.5 Å². The number of pyridine rings is 1. The highest BCUT2D eigenvalue weighted by molar-refractivity contribution is 5.94. The van der Waals surface area contributed by atoms with Gasteiger partial charge in [-0.3, -0.25) is 9.80 Å². The zero-order valence-electron chi connectivity index (χ0n) is 23.1. The lowest BCUT2D eigenvalue weighted by molar-refractivity contribution is 0.0187. The number of hydrogen-bond acceptors (Lipinski definition) is 6. The summed E-state index contributed by atoms with van der Waals surface area (Å²) in [5, 5.41) is 20.0. The third kappa shape index (κ3) is 4.98. The number of carboxylic acid groups (broad SMARTS) is 1. The molecule has 1 N–H and O–H groups in total. The lowest BCUT2D eigenvalue weighted by Crippen LogP contribution is -2.39. The molecule has 1 aromatic carbocycles. The van der Waals surface area contributed by atoms with E-state index < -0.39 is 17.7 Å². The van der Waals surface area contributed by atoms with E-state index >= 15 is 0 Å². The number of hydrogen-bond donors (Lipinski definition) is 1. The van der Waals surface area contributed by atoms with Crippen molar-refractivity contribution in [3.8, 4) is 17.2 Å². The maximum absolute atomic E-state index is 12.8. The van der Waals surface area contributed by atoms with Gasteiger partial charge in [0.2, 0.25) is 0 Å². The second-order valence-corrected chi connectivity index (χ2v) is 11.2. The van der Waals surface area contributed by atoms with E-state index in [9.17, 15) is 20.0 Å². The van der Waals surface area contributed by atoms with Gasteiger partial charge in [-0.15, -0.1) is 0 Å². The Morgan fingerprint density at radius 2 is 1.82 bits per heavy atom. The third-order valence-corrected chi connectivity index (χ3v) is 7.54. The summed E-state index contributed by atoms with van der Waals surface area (Å²) in [5.74, 6) is -0.959. The molecule has 5 rings (SSSR count). The highest BCUT2D eigenvalue weighted by Crippen LogP contribution is 2.38. The number of morpholine rings is 1. The molecule has 39 heavy (non-hydrogen) atoms. The number of ether oxygens (including phenoxy) is 2. The van der Waals surface area contributed by atoms with E-state index in [-0.39, 0.29) is 11.6 Å². The van der Waals surface area contributed by atoms with Crippen molar-refractivity contribution in [3.63, 3.8) is 0 Å². The van der Waals surface area contributed by atoms with Crippen LogP contribution in [0, 0.1) is 18.3 Å². The molecule has 1 amide bonds. The lowest BCUT2D eigenvalue weighted by atomic mass is 9.99. The topological polar surface area (TPSA) is 108 Å². The number of amides is 1. The molecule has 4 heterocycles. The molecule has 1 saturated heterocycles. The fraction of sp³-hybridized carbons (Fsp3) is 0.433. The summed E-state index contributed by atoms with van der Waals surface area (Å²) < 4.78 is 13.2. The average molecular weight is 531 g/mol. The zero-order chi connectivity index (χ0) is 28.1. The van der Waals surface area contributed by atoms with Crippen LogP contribution >= 0.6 is 0 Å². The molecule has 204 valence electrons. The first-order valence-electron chi connectivity index (χ1n) is 13.3. The normalized spacial score (nSPS) is 16.7. The Bertz CT molecular complexity index is 1500. The summed E-state index contributed by atoms with van der Waals surface area (Å²) in [5.41, 5.74) is 5.72. The van der Waals surface area contributed by atoms with E-state index in [0.717, 1.165) is 46.6 Å². The van der Waals surface area contributed by atoms with Crippen LogP contribution in [0.25, 0.3) is 16.6 Å². The minimum atomic E-state index is -0.959. The summed E-state index contributed by atoms with van der Waals surface area (Å²) >= 11 is 0. The number of fused-ring (bicyclic) bond motifs is 2. The van der Waals surface area contributed by atoms with Crippen LogP contribution in [0.5, 0.6) is 0 Å². The molecule has 9 heteroatoms. The average Bonchev–Trinajstić information content (AvgIpc) is 3.51. The SMILES string of the molecule is Cc1c(C(=O)O)cc2cc(-c3cc(C#N)c4c(c3)CCN4C(=O)OC(C)(C)C)cn2c1C(C)N1CCOCC1. The predicted octanol–water partition coefficient (Wildman–Crippen LogP) is 5.18. The van der Waals surface area contributed by atoms with Crippen molar-refractivity contribution >= 4 is 23.3 Å². The van der Waals surface area contributed by atoms with Crippen LogP contribution in [-0.2, 0) is 15.9 Å². The van der Waals surface area contributed by atoms with E-state index in [0.29, 0.717) is 37.4 Å². The van der Waals surface area contributed by atoms with Gasteiger partial charge in [-0.05, 0) is 82.0 Å². The van der Waals surface area contributed by atoms with Crippen molar-refractivity contribution < 1.29 is 24.2 Å². The fourth-order valence-electron chi connectivity index (χ4n) is 5.71. The highest BCUT2D eigenvalue weighted by atomic mass is 16.6. The number of nitrogens with zero attached hydrogens (tertiary/aromatic N) is 4. The molecule has 0 radical (unpaired) electrons. The molecule has 2 aliphatic rings. The lowest BCUT2D eigenvalue weighted by Gasteiger charge is -2.34. The zero-order valence-corrected chi connectivity index (χ0v) is 23.1. The molecular formula is C30H34N4O5. The molecule has 1 fully saturated rings. The minimum Gasteiger partial charge on any atom is -0.478 e. The molecule has 0 saturated carbocycles. The second kappa shape index (κ2) is 10.0. The van der Waals surface area contributed by atoms with Crippen molar-refractivity contribution in [2.75, 3.05) is 37.7 Å². The number of aromatic carboxylic acids is 1. The van der Waals surface area contributed by atoms with Crippen molar-refractivity contribution in [1.29, 1.82) is 5.26 Å². The van der Waals surface area contributed by atoms with Crippen LogP contribution < -0.4 is 4.90 Å². The van der Waals surface area contributed by atoms with Gasteiger partial charge in [0.1, 0.15) is 11.7 Å². The standard InChI is InChI=1S/C30H34N4O5/c1-18-25(28(35)36)15-24-14-23(17-34(24)26(18)19(2)32-8-10-38-11-9-32)21-12-20-6-7-33(27(20)22(13-21)16-31)29(37)39-30(3,4)5/h12-15,17,19H,6-11H2,1-5H3,(H,35,36). The van der Waals surface area contributed by atoms with E-state index in [1.54, 1.807) is 17.0 Å². The fourth-order valence-corrected chi connectivity index (χ4v) is 5.71. The van der Waals surface area contributed by atoms with Crippen LogP contribution in [0.4, 0.5) is 10.5 Å². The maximum Gasteiger partial charge on any atom is 0.414 e. The Kier molecular flexibility index (Phi) is 6.87. The number of carboxylic acids is 1. The van der Waals surface area contributed by atoms with Gasteiger partial charge < -0.3 is 19.0 Å². The highest BCUT2D eigenvalue weighted by Gasteiger charge is 2.32. The van der Waals surface area contributed by atoms with Gasteiger partial charge in [-0.1, -0.05) is 0 Å². The molecule has 0 bridgehead atoms. The van der Waals surface area contributed by atoms with Gasteiger partial charge in [0, 0.05) is 48.6 Å². The molecule has 1 unspecified atom stereocenters. The quantitative estimate of drug-likeness (QED) is 0.495. The number of anilines is 1. The number of nitriles is 1. The number of aromatic nitrogens is 1. The Morgan fingerprint density at radius 1 is 1.10 bits per heavy atom. The smallest absolute Gasteiger partial charge is 0.414 e. The van der Waals surface area contributed by atoms with Gasteiger partial charge in [-0.2, -0.15) is 5.26 Å². The maximum atomic E-state index is 12.8. The van der Waals surface area contributed by atoms with E-state index in [4.69, 9.17) is 9.47 Å². The Hall–Kier alpha value is -3.87. The van der Waals surface area contributed by atoms with Crippen LogP contribution in [0.3, 0.4) is 0 Å². The molecule has 1 atom stereocenters. The van der Waals surface area contributed by atoms with Gasteiger partial charge in [-0.25, -0.2) is 9.59 Å². The predicted molar refractivity (Wildman–Crippen MR) is 147 cm³/mol. The molecule has 3 aromatic rings. The summed E-state index contributed by atoms with van der Waals surface area (Å²) in [6, 6.07) is 9.74. The number of benzene rings is 1. The van der Waals surface area contributed by atoms with Crippen molar-refractivity contribution in [2.24, 2.45) is 0 Å². The van der Waals surface area contributed by atoms with Crippen molar-refractivity contribution in [2.45, 2.75) is 52.7 Å².